The molecular weight excluding hydrogens is 312 g/mol. The van der Waals surface area contributed by atoms with Crippen LogP contribution in [0.5, 0.6) is 5.75 Å². The molecule has 25 heavy (non-hydrogen) atoms. The summed E-state index contributed by atoms with van der Waals surface area (Å²) in [6.45, 7) is 6.38. The fourth-order valence-electron chi connectivity index (χ4n) is 3.54. The highest BCUT2D eigenvalue weighted by atomic mass is 16.5. The topological polar surface area (TPSA) is 35.5 Å². The number of carbonyl (C=O) groups is 1. The lowest BCUT2D eigenvalue weighted by Crippen LogP contribution is -2.29. The Labute approximate surface area is 153 Å². The van der Waals surface area contributed by atoms with Crippen LogP contribution in [0.15, 0.2) is 24.3 Å². The van der Waals surface area contributed by atoms with Crippen molar-refractivity contribution in [3.8, 4) is 5.75 Å². The maximum Gasteiger partial charge on any atom is 0.306 e. The molecule has 3 atom stereocenters. The highest BCUT2D eigenvalue weighted by Gasteiger charge is 2.31. The molecule has 0 N–H and O–H groups in total. The molecule has 140 valence electrons. The smallest absolute Gasteiger partial charge is 0.306 e. The van der Waals surface area contributed by atoms with Gasteiger partial charge in [-0.25, -0.2) is 0 Å². The molecule has 0 heterocycles. The van der Waals surface area contributed by atoms with Crippen molar-refractivity contribution in [2.45, 2.75) is 96.7 Å². The van der Waals surface area contributed by atoms with E-state index in [2.05, 4.69) is 39.0 Å². The van der Waals surface area contributed by atoms with Gasteiger partial charge in [-0.15, -0.1) is 0 Å². The third-order valence-corrected chi connectivity index (χ3v) is 5.19. The van der Waals surface area contributed by atoms with Gasteiger partial charge in [-0.1, -0.05) is 51.3 Å². The van der Waals surface area contributed by atoms with Crippen LogP contribution in [-0.2, 0) is 9.53 Å². The highest BCUT2D eigenvalue weighted by Crippen LogP contribution is 2.39. The van der Waals surface area contributed by atoms with E-state index in [0.717, 1.165) is 50.7 Å². The van der Waals surface area contributed by atoms with Crippen molar-refractivity contribution < 1.29 is 14.3 Å². The van der Waals surface area contributed by atoms with Gasteiger partial charge in [0.1, 0.15) is 11.9 Å². The third-order valence-electron chi connectivity index (χ3n) is 5.19. The lowest BCUT2D eigenvalue weighted by atomic mass is 9.81. The van der Waals surface area contributed by atoms with E-state index in [-0.39, 0.29) is 24.1 Å². The monoisotopic (exact) mass is 346 g/mol. The van der Waals surface area contributed by atoms with Crippen molar-refractivity contribution in [1.29, 1.82) is 0 Å². The number of hydrogen-bond acceptors (Lipinski definition) is 3. The Hall–Kier alpha value is -1.51. The van der Waals surface area contributed by atoms with Crippen LogP contribution in [0, 0.1) is 0 Å². The minimum atomic E-state index is -0.0364. The average Bonchev–Trinajstić information content (AvgIpc) is 2.63. The molecule has 3 nitrogen and oxygen atoms in total. The lowest BCUT2D eigenvalue weighted by molar-refractivity contribution is -0.151. The normalized spacial score (nSPS) is 21.6. The van der Waals surface area contributed by atoms with Crippen molar-refractivity contribution in [3.05, 3.63) is 29.8 Å². The molecule has 1 aromatic carbocycles. The van der Waals surface area contributed by atoms with Gasteiger partial charge in [0.25, 0.3) is 0 Å². The molecule has 2 rings (SSSR count). The molecule has 0 aromatic heterocycles. The van der Waals surface area contributed by atoms with Gasteiger partial charge >= 0.3 is 5.97 Å². The maximum absolute atomic E-state index is 12.2. The van der Waals surface area contributed by atoms with Crippen molar-refractivity contribution in [3.63, 3.8) is 0 Å². The summed E-state index contributed by atoms with van der Waals surface area (Å²) in [4.78, 5) is 12.2. The second-order valence-electron chi connectivity index (χ2n) is 7.25. The van der Waals surface area contributed by atoms with Gasteiger partial charge in [-0.05, 0) is 45.1 Å². The van der Waals surface area contributed by atoms with Crippen LogP contribution in [0.3, 0.4) is 0 Å². The van der Waals surface area contributed by atoms with Crippen molar-refractivity contribution >= 4 is 5.97 Å². The molecule has 3 heteroatoms. The van der Waals surface area contributed by atoms with Crippen LogP contribution in [-0.4, -0.2) is 18.2 Å². The van der Waals surface area contributed by atoms with Gasteiger partial charge in [0.15, 0.2) is 0 Å². The molecule has 1 aliphatic rings. The van der Waals surface area contributed by atoms with E-state index >= 15 is 0 Å². The number of hydrogen-bond donors (Lipinski definition) is 0. The van der Waals surface area contributed by atoms with Crippen LogP contribution in [0.1, 0.15) is 90.0 Å². The van der Waals surface area contributed by atoms with E-state index in [1.165, 1.54) is 12.0 Å². The molecule has 1 aromatic rings. The molecule has 1 fully saturated rings. The Morgan fingerprint density at radius 2 is 1.92 bits per heavy atom. The van der Waals surface area contributed by atoms with E-state index in [0.29, 0.717) is 6.42 Å². The average molecular weight is 347 g/mol. The Morgan fingerprint density at radius 3 is 2.68 bits per heavy atom. The number of ether oxygens (including phenoxy) is 2. The molecule has 1 saturated carbocycles. The molecule has 0 amide bonds. The van der Waals surface area contributed by atoms with Crippen LogP contribution in [0.2, 0.25) is 0 Å². The number of carbonyl (C=O) groups excluding carboxylic acids is 1. The fraction of sp³-hybridized carbons (Fsp3) is 0.682. The molecule has 1 aliphatic carbocycles. The van der Waals surface area contributed by atoms with Gasteiger partial charge in [0.05, 0.1) is 6.10 Å². The van der Waals surface area contributed by atoms with E-state index in [9.17, 15) is 4.79 Å². The SMILES string of the molecule is CCCCCC(=O)O[C@@H]1CCCC[C@H]1c1ccccc1OC(C)CC. The van der Waals surface area contributed by atoms with Crippen LogP contribution >= 0.6 is 0 Å². The van der Waals surface area contributed by atoms with Crippen molar-refractivity contribution in [2.75, 3.05) is 0 Å². The first-order valence-electron chi connectivity index (χ1n) is 10.1. The predicted molar refractivity (Wildman–Crippen MR) is 102 cm³/mol. The quantitative estimate of drug-likeness (QED) is 0.405. The second kappa shape index (κ2) is 10.5. The largest absolute Gasteiger partial charge is 0.490 e. The van der Waals surface area contributed by atoms with E-state index in [1.54, 1.807) is 0 Å². The van der Waals surface area contributed by atoms with Gasteiger partial charge in [0.2, 0.25) is 0 Å². The van der Waals surface area contributed by atoms with Crippen LogP contribution < -0.4 is 4.74 Å². The summed E-state index contributed by atoms with van der Waals surface area (Å²) in [6, 6.07) is 8.28. The van der Waals surface area contributed by atoms with Crippen molar-refractivity contribution in [2.24, 2.45) is 0 Å². The van der Waals surface area contributed by atoms with Gasteiger partial charge < -0.3 is 9.47 Å². The maximum atomic E-state index is 12.2. The van der Waals surface area contributed by atoms with Gasteiger partial charge in [-0.2, -0.15) is 0 Å². The first-order valence-corrected chi connectivity index (χ1v) is 10.1. The minimum absolute atomic E-state index is 0.00967. The first kappa shape index (κ1) is 19.8. The Morgan fingerprint density at radius 1 is 1.16 bits per heavy atom. The number of unbranched alkanes of at least 4 members (excludes halogenated alkanes) is 2. The molecular formula is C22H34O3. The Bertz CT molecular complexity index is 526. The zero-order valence-corrected chi connectivity index (χ0v) is 16.1. The molecule has 0 radical (unpaired) electrons. The summed E-state index contributed by atoms with van der Waals surface area (Å²) >= 11 is 0. The molecule has 1 unspecified atom stereocenters. The van der Waals surface area contributed by atoms with E-state index in [4.69, 9.17) is 9.47 Å². The molecule has 0 spiro atoms. The summed E-state index contributed by atoms with van der Waals surface area (Å²) in [5.74, 6) is 1.17. The lowest BCUT2D eigenvalue weighted by Gasteiger charge is -2.33. The van der Waals surface area contributed by atoms with Crippen molar-refractivity contribution in [1.82, 2.24) is 0 Å². The number of para-hydroxylation sites is 1. The first-order chi connectivity index (χ1) is 12.2. The zero-order valence-electron chi connectivity index (χ0n) is 16.1. The summed E-state index contributed by atoms with van der Waals surface area (Å²) in [7, 11) is 0. The van der Waals surface area contributed by atoms with Crippen LogP contribution in [0.25, 0.3) is 0 Å². The van der Waals surface area contributed by atoms with Crippen LogP contribution in [0.4, 0.5) is 0 Å². The van der Waals surface area contributed by atoms with Gasteiger partial charge in [-0.3, -0.25) is 4.79 Å². The third kappa shape index (κ3) is 6.05. The number of esters is 1. The summed E-state index contributed by atoms with van der Waals surface area (Å²) < 4.78 is 12.0. The molecule has 0 bridgehead atoms. The number of rotatable bonds is 9. The summed E-state index contributed by atoms with van der Waals surface area (Å²) in [5, 5.41) is 0. The van der Waals surface area contributed by atoms with Gasteiger partial charge in [0, 0.05) is 17.9 Å². The summed E-state index contributed by atoms with van der Waals surface area (Å²) in [6.07, 6.45) is 9.20. The standard InChI is InChI=1S/C22H34O3/c1-4-6-7-16-22(23)25-21-15-11-9-13-19(21)18-12-8-10-14-20(18)24-17(3)5-2/h8,10,12,14,17,19,21H,4-7,9,11,13,15-16H2,1-3H3/t17?,19-,21+/m0/s1. The Balaban J connectivity index is 2.08. The Kier molecular flexibility index (Phi) is 8.30. The molecule has 0 aliphatic heterocycles. The van der Waals surface area contributed by atoms with E-state index in [1.807, 2.05) is 6.07 Å². The molecule has 0 saturated heterocycles. The number of benzene rings is 1. The zero-order chi connectivity index (χ0) is 18.1. The highest BCUT2D eigenvalue weighted by molar-refractivity contribution is 5.69. The fourth-order valence-corrected chi connectivity index (χ4v) is 3.54. The second-order valence-corrected chi connectivity index (χ2v) is 7.25. The summed E-state index contributed by atoms with van der Waals surface area (Å²) in [5.41, 5.74) is 1.20. The predicted octanol–water partition coefficient (Wildman–Crippen LogP) is 6.01. The minimum Gasteiger partial charge on any atom is -0.490 e. The van der Waals surface area contributed by atoms with E-state index < -0.39 is 0 Å².